The van der Waals surface area contributed by atoms with Crippen molar-refractivity contribution in [2.45, 2.75) is 45.4 Å². The number of hydrazine groups is 1. The molecule has 24 heavy (non-hydrogen) atoms. The van der Waals surface area contributed by atoms with Crippen molar-refractivity contribution in [3.05, 3.63) is 45.2 Å². The maximum Gasteiger partial charge on any atom is 0.288 e. The molecule has 0 spiro atoms. The van der Waals surface area contributed by atoms with Crippen molar-refractivity contribution in [1.82, 2.24) is 20.8 Å². The molecule has 7 heteroatoms. The van der Waals surface area contributed by atoms with E-state index in [-0.39, 0.29) is 11.6 Å². The molecule has 0 fully saturated rings. The summed E-state index contributed by atoms with van der Waals surface area (Å²) >= 11 is 1.53. The summed E-state index contributed by atoms with van der Waals surface area (Å²) in [6.45, 7) is 1.71. The van der Waals surface area contributed by atoms with Crippen LogP contribution in [0.4, 0.5) is 0 Å². The van der Waals surface area contributed by atoms with Crippen LogP contribution in [0.3, 0.4) is 0 Å². The highest BCUT2D eigenvalue weighted by Gasteiger charge is 2.17. The molecule has 0 unspecified atom stereocenters. The Morgan fingerprint density at radius 2 is 1.83 bits per heavy atom. The molecule has 0 saturated heterocycles. The van der Waals surface area contributed by atoms with Gasteiger partial charge in [-0.2, -0.15) is 0 Å². The van der Waals surface area contributed by atoms with Gasteiger partial charge in [0.2, 0.25) is 0 Å². The minimum Gasteiger partial charge on any atom is -0.266 e. The molecule has 6 nitrogen and oxygen atoms in total. The van der Waals surface area contributed by atoms with Gasteiger partial charge in [-0.25, -0.2) is 9.97 Å². The smallest absolute Gasteiger partial charge is 0.266 e. The van der Waals surface area contributed by atoms with Gasteiger partial charge in [-0.1, -0.05) is 12.8 Å². The zero-order valence-corrected chi connectivity index (χ0v) is 14.4. The Hall–Kier alpha value is -2.28. The van der Waals surface area contributed by atoms with Gasteiger partial charge >= 0.3 is 0 Å². The van der Waals surface area contributed by atoms with Gasteiger partial charge in [0.15, 0.2) is 0 Å². The van der Waals surface area contributed by atoms with Crippen molar-refractivity contribution in [3.63, 3.8) is 0 Å². The van der Waals surface area contributed by atoms with E-state index in [2.05, 4.69) is 20.8 Å². The molecule has 0 radical (unpaired) electrons. The van der Waals surface area contributed by atoms with Crippen molar-refractivity contribution in [2.24, 2.45) is 0 Å². The topological polar surface area (TPSA) is 84.0 Å². The Bertz CT molecular complexity index is 731. The van der Waals surface area contributed by atoms with E-state index in [4.69, 9.17) is 0 Å². The Balaban J connectivity index is 1.63. The zero-order valence-electron chi connectivity index (χ0n) is 13.6. The lowest BCUT2D eigenvalue weighted by Crippen LogP contribution is -2.41. The molecule has 0 aromatic carbocycles. The Morgan fingerprint density at radius 3 is 2.62 bits per heavy atom. The maximum atomic E-state index is 12.3. The first-order valence-corrected chi connectivity index (χ1v) is 8.97. The van der Waals surface area contributed by atoms with Gasteiger partial charge in [-0.15, -0.1) is 11.3 Å². The van der Waals surface area contributed by atoms with Crippen molar-refractivity contribution in [3.8, 4) is 0 Å². The van der Waals surface area contributed by atoms with E-state index in [0.29, 0.717) is 10.7 Å². The molecule has 2 N–H and O–H groups in total. The maximum absolute atomic E-state index is 12.3. The number of hydrogen-bond acceptors (Lipinski definition) is 5. The predicted octanol–water partition coefficient (Wildman–Crippen LogP) is 2.58. The molecule has 2 amide bonds. The Labute approximate surface area is 144 Å². The molecule has 0 bridgehead atoms. The summed E-state index contributed by atoms with van der Waals surface area (Å²) in [5.74, 6) is -0.235. The van der Waals surface area contributed by atoms with Crippen LogP contribution in [0, 0.1) is 6.92 Å². The SMILES string of the molecule is Cc1nccc(C(=O)NNC(=O)c2cc3c(s2)CCCCCC3)n1. The van der Waals surface area contributed by atoms with E-state index < -0.39 is 5.91 Å². The fourth-order valence-corrected chi connectivity index (χ4v) is 3.93. The number of nitrogens with zero attached hydrogens (tertiary/aromatic N) is 2. The standard InChI is InChI=1S/C17H20N4O2S/c1-11-18-9-8-13(19-11)16(22)20-21-17(23)15-10-12-6-4-2-3-5-7-14(12)24-15/h8-10H,2-7H2,1H3,(H,20,22)(H,21,23). The lowest BCUT2D eigenvalue weighted by molar-refractivity contribution is 0.0846. The third-order valence-corrected chi connectivity index (χ3v) is 5.25. The number of carbonyl (C=O) groups is 2. The summed E-state index contributed by atoms with van der Waals surface area (Å²) in [6, 6.07) is 3.47. The largest absolute Gasteiger partial charge is 0.288 e. The highest BCUT2D eigenvalue weighted by Crippen LogP contribution is 2.28. The van der Waals surface area contributed by atoms with Crippen LogP contribution in [0.15, 0.2) is 18.3 Å². The molecule has 2 aromatic heterocycles. The second-order valence-corrected chi connectivity index (χ2v) is 7.01. The number of rotatable bonds is 2. The summed E-state index contributed by atoms with van der Waals surface area (Å²) < 4.78 is 0. The summed E-state index contributed by atoms with van der Waals surface area (Å²) in [7, 11) is 0. The summed E-state index contributed by atoms with van der Waals surface area (Å²) in [6.07, 6.45) is 8.45. The summed E-state index contributed by atoms with van der Waals surface area (Å²) in [5, 5.41) is 0. The van der Waals surface area contributed by atoms with Gasteiger partial charge in [-0.05, 0) is 50.3 Å². The van der Waals surface area contributed by atoms with Crippen LogP contribution >= 0.6 is 11.3 Å². The summed E-state index contributed by atoms with van der Waals surface area (Å²) in [4.78, 5) is 34.2. The number of hydrogen-bond donors (Lipinski definition) is 2. The number of fused-ring (bicyclic) bond motifs is 1. The van der Waals surface area contributed by atoms with Crippen molar-refractivity contribution in [1.29, 1.82) is 0 Å². The van der Waals surface area contributed by atoms with Gasteiger partial charge in [0.1, 0.15) is 11.5 Å². The second-order valence-electron chi connectivity index (χ2n) is 5.87. The van der Waals surface area contributed by atoms with E-state index in [1.165, 1.54) is 59.7 Å². The third-order valence-electron chi connectivity index (χ3n) is 4.02. The highest BCUT2D eigenvalue weighted by molar-refractivity contribution is 7.14. The molecule has 1 aliphatic rings. The Morgan fingerprint density at radius 1 is 1.08 bits per heavy atom. The number of carbonyl (C=O) groups excluding carboxylic acids is 2. The molecular weight excluding hydrogens is 324 g/mol. The molecule has 2 aromatic rings. The van der Waals surface area contributed by atoms with Crippen LogP contribution < -0.4 is 10.9 Å². The van der Waals surface area contributed by atoms with E-state index in [0.717, 1.165) is 12.8 Å². The minimum absolute atomic E-state index is 0.223. The lowest BCUT2D eigenvalue weighted by Gasteiger charge is -2.07. The predicted molar refractivity (Wildman–Crippen MR) is 91.9 cm³/mol. The first kappa shape index (κ1) is 16.6. The van der Waals surface area contributed by atoms with Gasteiger partial charge in [0.05, 0.1) is 4.88 Å². The summed E-state index contributed by atoms with van der Waals surface area (Å²) in [5.41, 5.74) is 6.38. The van der Waals surface area contributed by atoms with Crippen LogP contribution in [-0.2, 0) is 12.8 Å². The van der Waals surface area contributed by atoms with Crippen molar-refractivity contribution >= 4 is 23.2 Å². The monoisotopic (exact) mass is 344 g/mol. The quantitative estimate of drug-likeness (QED) is 0.820. The first-order valence-electron chi connectivity index (χ1n) is 8.15. The number of aryl methyl sites for hydroxylation is 3. The second kappa shape index (κ2) is 7.53. The minimum atomic E-state index is -0.455. The molecule has 3 rings (SSSR count). The van der Waals surface area contributed by atoms with E-state index >= 15 is 0 Å². The fourth-order valence-electron chi connectivity index (χ4n) is 2.78. The number of nitrogens with one attached hydrogen (secondary N) is 2. The molecular formula is C17H20N4O2S. The Kier molecular flexibility index (Phi) is 5.20. The average Bonchev–Trinajstić information content (AvgIpc) is 2.94. The molecule has 0 saturated carbocycles. The third kappa shape index (κ3) is 3.97. The van der Waals surface area contributed by atoms with Crippen LogP contribution in [-0.4, -0.2) is 21.8 Å². The zero-order chi connectivity index (χ0) is 16.9. The van der Waals surface area contributed by atoms with Crippen LogP contribution in [0.1, 0.15) is 62.1 Å². The van der Waals surface area contributed by atoms with Gasteiger partial charge in [0, 0.05) is 11.1 Å². The van der Waals surface area contributed by atoms with Crippen LogP contribution in [0.25, 0.3) is 0 Å². The average molecular weight is 344 g/mol. The lowest BCUT2D eigenvalue weighted by atomic mass is 10.00. The number of amides is 2. The van der Waals surface area contributed by atoms with Gasteiger partial charge in [-0.3, -0.25) is 20.4 Å². The van der Waals surface area contributed by atoms with Gasteiger partial charge < -0.3 is 0 Å². The van der Waals surface area contributed by atoms with E-state index in [1.54, 1.807) is 6.92 Å². The first-order chi connectivity index (χ1) is 11.6. The normalized spacial score (nSPS) is 14.2. The van der Waals surface area contributed by atoms with Crippen LogP contribution in [0.2, 0.25) is 0 Å². The van der Waals surface area contributed by atoms with Gasteiger partial charge in [0.25, 0.3) is 11.8 Å². The van der Waals surface area contributed by atoms with E-state index in [1.807, 2.05) is 6.07 Å². The van der Waals surface area contributed by atoms with Crippen molar-refractivity contribution < 1.29 is 9.59 Å². The molecule has 0 atom stereocenters. The fraction of sp³-hybridized carbons (Fsp3) is 0.412. The highest BCUT2D eigenvalue weighted by atomic mass is 32.1. The van der Waals surface area contributed by atoms with Crippen molar-refractivity contribution in [2.75, 3.05) is 0 Å². The van der Waals surface area contributed by atoms with E-state index in [9.17, 15) is 9.59 Å². The van der Waals surface area contributed by atoms with Crippen LogP contribution in [0.5, 0.6) is 0 Å². The number of aromatic nitrogens is 2. The number of thiophene rings is 1. The molecule has 0 aliphatic heterocycles. The molecule has 1 aliphatic carbocycles. The molecule has 2 heterocycles. The molecule has 126 valence electrons.